The van der Waals surface area contributed by atoms with Crippen molar-refractivity contribution in [3.05, 3.63) is 16.6 Å². The summed E-state index contributed by atoms with van der Waals surface area (Å²) in [4.78, 5) is 4.18. The number of nitrogens with one attached hydrogen (secondary N) is 1. The molecule has 0 spiro atoms. The van der Waals surface area contributed by atoms with E-state index in [1.807, 2.05) is 10.9 Å². The molecule has 1 aromatic rings. The quantitative estimate of drug-likeness (QED) is 0.653. The molecule has 86 valence electrons. The van der Waals surface area contributed by atoms with E-state index in [1.54, 1.807) is 18.4 Å². The smallest absolute Gasteiger partial charge is 0.0795 e. The van der Waals surface area contributed by atoms with Gasteiger partial charge in [0.2, 0.25) is 0 Å². The molecule has 0 aromatic carbocycles. The van der Waals surface area contributed by atoms with Crippen LogP contribution in [-0.4, -0.2) is 31.3 Å². The van der Waals surface area contributed by atoms with Gasteiger partial charge in [0.05, 0.1) is 11.2 Å². The Morgan fingerprint density at radius 1 is 1.67 bits per heavy atom. The number of ether oxygens (including phenoxy) is 1. The van der Waals surface area contributed by atoms with Crippen molar-refractivity contribution in [2.24, 2.45) is 5.73 Å². The van der Waals surface area contributed by atoms with Crippen LogP contribution in [0.25, 0.3) is 0 Å². The van der Waals surface area contributed by atoms with Crippen LogP contribution in [0.5, 0.6) is 0 Å². The molecule has 1 rings (SSSR count). The first-order valence-electron chi connectivity index (χ1n) is 5.15. The van der Waals surface area contributed by atoms with Crippen molar-refractivity contribution in [3.8, 4) is 0 Å². The summed E-state index contributed by atoms with van der Waals surface area (Å²) in [6.07, 6.45) is 2.02. The average molecular weight is 229 g/mol. The number of hydrogen-bond acceptors (Lipinski definition) is 5. The lowest BCUT2D eigenvalue weighted by molar-refractivity contribution is 0.190. The monoisotopic (exact) mass is 229 g/mol. The number of hydrogen-bond donors (Lipinski definition) is 2. The third kappa shape index (κ3) is 5.84. The molecule has 15 heavy (non-hydrogen) atoms. The third-order valence-corrected chi connectivity index (χ3v) is 2.75. The van der Waals surface area contributed by atoms with Crippen LogP contribution in [-0.2, 0) is 11.3 Å². The summed E-state index contributed by atoms with van der Waals surface area (Å²) in [6, 6.07) is 0.207. The Labute approximate surface area is 94.8 Å². The van der Waals surface area contributed by atoms with Gasteiger partial charge in [-0.25, -0.2) is 4.98 Å². The number of rotatable bonds is 8. The van der Waals surface area contributed by atoms with Crippen LogP contribution in [0, 0.1) is 0 Å². The van der Waals surface area contributed by atoms with E-state index in [2.05, 4.69) is 10.3 Å². The van der Waals surface area contributed by atoms with Gasteiger partial charge in [-0.1, -0.05) is 0 Å². The molecule has 0 saturated heterocycles. The van der Waals surface area contributed by atoms with Gasteiger partial charge in [0.25, 0.3) is 0 Å². The van der Waals surface area contributed by atoms with Crippen molar-refractivity contribution in [1.82, 2.24) is 10.3 Å². The minimum absolute atomic E-state index is 0.207. The van der Waals surface area contributed by atoms with Crippen LogP contribution in [0.3, 0.4) is 0 Å². The van der Waals surface area contributed by atoms with Crippen LogP contribution in [0.15, 0.2) is 10.9 Å². The second-order valence-electron chi connectivity index (χ2n) is 3.51. The molecule has 3 N–H and O–H groups in total. The van der Waals surface area contributed by atoms with Gasteiger partial charge in [0.1, 0.15) is 0 Å². The third-order valence-electron chi connectivity index (χ3n) is 2.12. The zero-order valence-corrected chi connectivity index (χ0v) is 9.93. The molecule has 0 fully saturated rings. The fourth-order valence-corrected chi connectivity index (χ4v) is 1.86. The standard InChI is InChI=1S/C10H19N3OS/c1-14-4-2-3-9(11)5-12-6-10-7-15-8-13-10/h7-9,12H,2-6,11H2,1H3. The summed E-state index contributed by atoms with van der Waals surface area (Å²) in [5.41, 5.74) is 8.85. The van der Waals surface area contributed by atoms with Crippen molar-refractivity contribution in [2.45, 2.75) is 25.4 Å². The Morgan fingerprint density at radius 3 is 3.20 bits per heavy atom. The van der Waals surface area contributed by atoms with Crippen molar-refractivity contribution < 1.29 is 4.74 Å². The van der Waals surface area contributed by atoms with E-state index in [0.717, 1.165) is 38.2 Å². The van der Waals surface area contributed by atoms with Gasteiger partial charge in [0.15, 0.2) is 0 Å². The maximum Gasteiger partial charge on any atom is 0.0795 e. The molecular weight excluding hydrogens is 210 g/mol. The lowest BCUT2D eigenvalue weighted by Gasteiger charge is -2.11. The molecule has 0 saturated carbocycles. The zero-order chi connectivity index (χ0) is 10.9. The first-order valence-corrected chi connectivity index (χ1v) is 6.09. The van der Waals surface area contributed by atoms with Gasteiger partial charge in [-0.3, -0.25) is 0 Å². The number of nitrogens with zero attached hydrogens (tertiary/aromatic N) is 1. The zero-order valence-electron chi connectivity index (χ0n) is 9.11. The average Bonchev–Trinajstić information content (AvgIpc) is 2.71. The molecule has 0 radical (unpaired) electrons. The van der Waals surface area contributed by atoms with Gasteiger partial charge in [-0.15, -0.1) is 11.3 Å². The van der Waals surface area contributed by atoms with Crippen molar-refractivity contribution in [2.75, 3.05) is 20.3 Å². The molecule has 0 aliphatic heterocycles. The van der Waals surface area contributed by atoms with E-state index in [-0.39, 0.29) is 6.04 Å². The second kappa shape index (κ2) is 7.76. The van der Waals surface area contributed by atoms with Crippen molar-refractivity contribution in [1.29, 1.82) is 0 Å². The van der Waals surface area contributed by atoms with Crippen LogP contribution < -0.4 is 11.1 Å². The minimum atomic E-state index is 0.207. The first kappa shape index (κ1) is 12.6. The topological polar surface area (TPSA) is 60.2 Å². The van der Waals surface area contributed by atoms with E-state index >= 15 is 0 Å². The molecule has 1 atom stereocenters. The van der Waals surface area contributed by atoms with E-state index in [1.165, 1.54) is 0 Å². The number of methoxy groups -OCH3 is 1. The van der Waals surface area contributed by atoms with E-state index in [4.69, 9.17) is 10.5 Å². The second-order valence-corrected chi connectivity index (χ2v) is 4.22. The predicted octanol–water partition coefficient (Wildman–Crippen LogP) is 0.987. The van der Waals surface area contributed by atoms with Gasteiger partial charge < -0.3 is 15.8 Å². The first-order chi connectivity index (χ1) is 7.33. The van der Waals surface area contributed by atoms with Gasteiger partial charge in [-0.2, -0.15) is 0 Å². The maximum atomic E-state index is 5.92. The number of aromatic nitrogens is 1. The minimum Gasteiger partial charge on any atom is -0.385 e. The highest BCUT2D eigenvalue weighted by atomic mass is 32.1. The van der Waals surface area contributed by atoms with Crippen molar-refractivity contribution in [3.63, 3.8) is 0 Å². The molecule has 1 heterocycles. The van der Waals surface area contributed by atoms with Crippen LogP contribution in [0.1, 0.15) is 18.5 Å². The summed E-state index contributed by atoms with van der Waals surface area (Å²) < 4.78 is 4.97. The molecule has 4 nitrogen and oxygen atoms in total. The Balaban J connectivity index is 1.99. The molecule has 1 aromatic heterocycles. The lowest BCUT2D eigenvalue weighted by atomic mass is 10.2. The molecule has 1 unspecified atom stereocenters. The van der Waals surface area contributed by atoms with E-state index in [9.17, 15) is 0 Å². The van der Waals surface area contributed by atoms with E-state index in [0.29, 0.717) is 0 Å². The highest BCUT2D eigenvalue weighted by molar-refractivity contribution is 7.07. The Bertz CT molecular complexity index is 241. The van der Waals surface area contributed by atoms with Gasteiger partial charge in [0, 0.05) is 38.2 Å². The summed E-state index contributed by atoms with van der Waals surface area (Å²) >= 11 is 1.62. The number of nitrogens with two attached hydrogens (primary N) is 1. The number of thiazole rings is 1. The Morgan fingerprint density at radius 2 is 2.53 bits per heavy atom. The van der Waals surface area contributed by atoms with Crippen LogP contribution in [0.4, 0.5) is 0 Å². The molecule has 0 aliphatic carbocycles. The predicted molar refractivity (Wildman–Crippen MR) is 62.9 cm³/mol. The van der Waals surface area contributed by atoms with Gasteiger partial charge >= 0.3 is 0 Å². The van der Waals surface area contributed by atoms with E-state index < -0.39 is 0 Å². The molecule has 0 aliphatic rings. The normalized spacial score (nSPS) is 12.9. The Kier molecular flexibility index (Phi) is 6.50. The fraction of sp³-hybridized carbons (Fsp3) is 0.700. The Hall–Kier alpha value is -0.490. The molecule has 5 heteroatoms. The van der Waals surface area contributed by atoms with Crippen molar-refractivity contribution >= 4 is 11.3 Å². The van der Waals surface area contributed by atoms with Crippen LogP contribution in [0.2, 0.25) is 0 Å². The maximum absolute atomic E-state index is 5.92. The largest absolute Gasteiger partial charge is 0.385 e. The fourth-order valence-electron chi connectivity index (χ4n) is 1.30. The highest BCUT2D eigenvalue weighted by Gasteiger charge is 2.02. The molecule has 0 amide bonds. The van der Waals surface area contributed by atoms with Gasteiger partial charge in [-0.05, 0) is 12.8 Å². The summed E-state index contributed by atoms with van der Waals surface area (Å²) in [6.45, 7) is 2.43. The van der Waals surface area contributed by atoms with Crippen LogP contribution >= 0.6 is 11.3 Å². The lowest BCUT2D eigenvalue weighted by Crippen LogP contribution is -2.33. The highest BCUT2D eigenvalue weighted by Crippen LogP contribution is 2.00. The summed E-state index contributed by atoms with van der Waals surface area (Å²) in [5.74, 6) is 0. The molecular formula is C10H19N3OS. The summed E-state index contributed by atoms with van der Waals surface area (Å²) in [7, 11) is 1.71. The molecule has 0 bridgehead atoms. The summed E-state index contributed by atoms with van der Waals surface area (Å²) in [5, 5.41) is 5.34. The SMILES string of the molecule is COCCCC(N)CNCc1cscn1.